The summed E-state index contributed by atoms with van der Waals surface area (Å²) in [5, 5.41) is 3.26. The van der Waals surface area contributed by atoms with Gasteiger partial charge in [-0.25, -0.2) is 0 Å². The minimum Gasteiger partial charge on any atom is -0.467 e. The largest absolute Gasteiger partial charge is 0.467 e. The van der Waals surface area contributed by atoms with Crippen molar-refractivity contribution in [3.8, 4) is 0 Å². The molecule has 1 aliphatic rings. The minimum atomic E-state index is -0.180. The van der Waals surface area contributed by atoms with Crippen LogP contribution >= 0.6 is 12.2 Å². The number of carbonyl (C=O) groups excluding carboxylic acids is 1. The van der Waals surface area contributed by atoms with Gasteiger partial charge < -0.3 is 14.2 Å². The number of allylic oxidation sites excluding steroid dienone is 2. The lowest BCUT2D eigenvalue weighted by molar-refractivity contribution is -0.123. The highest BCUT2D eigenvalue weighted by atomic mass is 32.1. The van der Waals surface area contributed by atoms with Crippen molar-refractivity contribution < 1.29 is 13.6 Å². The van der Waals surface area contributed by atoms with E-state index in [-0.39, 0.29) is 5.91 Å². The zero-order valence-electron chi connectivity index (χ0n) is 11.0. The summed E-state index contributed by atoms with van der Waals surface area (Å²) in [6.07, 6.45) is 8.32. The van der Waals surface area contributed by atoms with Gasteiger partial charge in [0, 0.05) is 0 Å². The number of carbonyl (C=O) groups is 1. The van der Waals surface area contributed by atoms with E-state index in [2.05, 4.69) is 5.32 Å². The van der Waals surface area contributed by atoms with Crippen LogP contribution in [0.15, 0.2) is 63.5 Å². The van der Waals surface area contributed by atoms with Crippen LogP contribution in [0.2, 0.25) is 0 Å². The summed E-state index contributed by atoms with van der Waals surface area (Å²) >= 11 is 5.17. The molecule has 1 aliphatic heterocycles. The van der Waals surface area contributed by atoms with Gasteiger partial charge in [0.25, 0.3) is 5.91 Å². The summed E-state index contributed by atoms with van der Waals surface area (Å²) in [7, 11) is 0. The summed E-state index contributed by atoms with van der Waals surface area (Å²) in [6, 6.07) is 7.20. The predicted octanol–water partition coefficient (Wildman–Crippen LogP) is 2.69. The maximum Gasteiger partial charge on any atom is 0.276 e. The van der Waals surface area contributed by atoms with Crippen molar-refractivity contribution in [2.24, 2.45) is 0 Å². The van der Waals surface area contributed by atoms with E-state index in [1.807, 2.05) is 6.07 Å². The zero-order valence-corrected chi connectivity index (χ0v) is 11.8. The molecular weight excluding hydrogens is 288 g/mol. The standard InChI is InChI=1S/C15H12N2O3S/c18-14-13(7-1-4-11-5-2-8-19-11)16-15(21)17(14)10-12-6-3-9-20-12/h1-9H,10H2,(H,16,21)/b4-1+,13-7+. The van der Waals surface area contributed by atoms with Crippen molar-refractivity contribution in [3.05, 3.63) is 66.2 Å². The Balaban J connectivity index is 1.71. The number of furan rings is 2. The van der Waals surface area contributed by atoms with Crippen LogP contribution in [0.3, 0.4) is 0 Å². The molecule has 0 unspecified atom stereocenters. The second-order valence-corrected chi connectivity index (χ2v) is 4.74. The van der Waals surface area contributed by atoms with Crippen molar-refractivity contribution in [2.75, 3.05) is 0 Å². The molecule has 0 radical (unpaired) electrons. The van der Waals surface area contributed by atoms with Crippen LogP contribution in [0.25, 0.3) is 6.08 Å². The average molecular weight is 300 g/mol. The van der Waals surface area contributed by atoms with E-state index in [1.54, 1.807) is 49.0 Å². The molecular formula is C15H12N2O3S. The molecule has 21 heavy (non-hydrogen) atoms. The SMILES string of the molecule is O=C1/C(=C\C=C\c2ccco2)NC(=S)N1Cc1ccco1. The Bertz CT molecular complexity index is 699. The molecule has 0 saturated carbocycles. The van der Waals surface area contributed by atoms with E-state index in [9.17, 15) is 4.79 Å². The van der Waals surface area contributed by atoms with E-state index in [1.165, 1.54) is 4.90 Å². The Morgan fingerprint density at radius 3 is 2.76 bits per heavy atom. The van der Waals surface area contributed by atoms with Crippen molar-refractivity contribution >= 4 is 29.3 Å². The second kappa shape index (κ2) is 5.80. The molecule has 3 rings (SSSR count). The highest BCUT2D eigenvalue weighted by molar-refractivity contribution is 7.80. The lowest BCUT2D eigenvalue weighted by Crippen LogP contribution is -2.29. The summed E-state index contributed by atoms with van der Waals surface area (Å²) in [5.74, 6) is 1.22. The van der Waals surface area contributed by atoms with Crippen molar-refractivity contribution in [3.63, 3.8) is 0 Å². The second-order valence-electron chi connectivity index (χ2n) is 4.36. The van der Waals surface area contributed by atoms with E-state index in [0.717, 1.165) is 0 Å². The maximum absolute atomic E-state index is 12.2. The van der Waals surface area contributed by atoms with E-state index in [4.69, 9.17) is 21.1 Å². The predicted molar refractivity (Wildman–Crippen MR) is 80.8 cm³/mol. The molecule has 1 fully saturated rings. The molecule has 0 atom stereocenters. The first-order valence-electron chi connectivity index (χ1n) is 6.31. The molecule has 106 valence electrons. The van der Waals surface area contributed by atoms with Crippen LogP contribution in [0.5, 0.6) is 0 Å². The molecule has 2 aromatic rings. The van der Waals surface area contributed by atoms with Crippen LogP contribution in [-0.2, 0) is 11.3 Å². The number of amides is 1. The van der Waals surface area contributed by atoms with Gasteiger partial charge in [0.2, 0.25) is 0 Å². The topological polar surface area (TPSA) is 58.6 Å². The Labute approximate surface area is 126 Å². The van der Waals surface area contributed by atoms with Gasteiger partial charge in [-0.15, -0.1) is 0 Å². The Hall–Kier alpha value is -2.60. The van der Waals surface area contributed by atoms with Crippen LogP contribution in [0.1, 0.15) is 11.5 Å². The lowest BCUT2D eigenvalue weighted by atomic mass is 10.3. The first-order valence-corrected chi connectivity index (χ1v) is 6.72. The quantitative estimate of drug-likeness (QED) is 0.695. The maximum atomic E-state index is 12.2. The summed E-state index contributed by atoms with van der Waals surface area (Å²) in [6.45, 7) is 0.316. The molecule has 0 aromatic carbocycles. The van der Waals surface area contributed by atoms with Crippen molar-refractivity contribution in [1.82, 2.24) is 10.2 Å². The molecule has 1 amide bonds. The Morgan fingerprint density at radius 2 is 2.05 bits per heavy atom. The lowest BCUT2D eigenvalue weighted by Gasteiger charge is -2.11. The summed E-state index contributed by atoms with van der Waals surface area (Å²) < 4.78 is 10.4. The molecule has 1 N–H and O–H groups in total. The first kappa shape index (κ1) is 13.4. The number of nitrogens with zero attached hydrogens (tertiary/aromatic N) is 1. The molecule has 0 bridgehead atoms. The number of nitrogens with one attached hydrogen (secondary N) is 1. The Kier molecular flexibility index (Phi) is 3.70. The fourth-order valence-electron chi connectivity index (χ4n) is 1.91. The molecule has 2 aromatic heterocycles. The molecule has 6 heteroatoms. The molecule has 1 saturated heterocycles. The highest BCUT2D eigenvalue weighted by Gasteiger charge is 2.30. The van der Waals surface area contributed by atoms with E-state index < -0.39 is 0 Å². The minimum absolute atomic E-state index is 0.180. The number of rotatable bonds is 4. The molecule has 5 nitrogen and oxygen atoms in total. The van der Waals surface area contributed by atoms with Gasteiger partial charge in [0.05, 0.1) is 19.1 Å². The number of thiocarbonyl (C=S) groups is 1. The van der Waals surface area contributed by atoms with Gasteiger partial charge in [-0.05, 0) is 48.6 Å². The smallest absolute Gasteiger partial charge is 0.276 e. The highest BCUT2D eigenvalue weighted by Crippen LogP contribution is 2.15. The van der Waals surface area contributed by atoms with Crippen molar-refractivity contribution in [1.29, 1.82) is 0 Å². The fourth-order valence-corrected chi connectivity index (χ4v) is 2.17. The average Bonchev–Trinajstić information content (AvgIpc) is 3.19. The number of hydrogen-bond donors (Lipinski definition) is 1. The van der Waals surface area contributed by atoms with Gasteiger partial charge >= 0.3 is 0 Å². The molecule has 0 aliphatic carbocycles. The molecule has 0 spiro atoms. The normalized spacial score (nSPS) is 17.1. The zero-order chi connectivity index (χ0) is 14.7. The first-order chi connectivity index (χ1) is 10.2. The van der Waals surface area contributed by atoms with Gasteiger partial charge in [-0.2, -0.15) is 0 Å². The van der Waals surface area contributed by atoms with Crippen LogP contribution < -0.4 is 5.32 Å². The monoisotopic (exact) mass is 300 g/mol. The van der Waals surface area contributed by atoms with Gasteiger partial charge in [0.15, 0.2) is 5.11 Å². The van der Waals surface area contributed by atoms with Crippen molar-refractivity contribution in [2.45, 2.75) is 6.54 Å². The third kappa shape index (κ3) is 2.95. The summed E-state index contributed by atoms with van der Waals surface area (Å²) in [5.41, 5.74) is 0.425. The third-order valence-electron chi connectivity index (χ3n) is 2.92. The molecule has 3 heterocycles. The van der Waals surface area contributed by atoms with Crippen LogP contribution in [0, 0.1) is 0 Å². The third-order valence-corrected chi connectivity index (χ3v) is 3.25. The fraction of sp³-hybridized carbons (Fsp3) is 0.0667. The summed E-state index contributed by atoms with van der Waals surface area (Å²) in [4.78, 5) is 13.7. The van der Waals surface area contributed by atoms with Gasteiger partial charge in [-0.1, -0.05) is 6.08 Å². The number of hydrogen-bond acceptors (Lipinski definition) is 4. The van der Waals surface area contributed by atoms with E-state index >= 15 is 0 Å². The van der Waals surface area contributed by atoms with E-state index in [0.29, 0.717) is 28.9 Å². The van der Waals surface area contributed by atoms with Gasteiger partial charge in [0.1, 0.15) is 17.2 Å². The Morgan fingerprint density at radius 1 is 1.24 bits per heavy atom. The van der Waals surface area contributed by atoms with Gasteiger partial charge in [-0.3, -0.25) is 9.69 Å². The van der Waals surface area contributed by atoms with Crippen LogP contribution in [0.4, 0.5) is 0 Å². The van der Waals surface area contributed by atoms with Crippen LogP contribution in [-0.4, -0.2) is 15.9 Å².